The molecule has 0 fully saturated rings. The Balaban J connectivity index is 1.57. The summed E-state index contributed by atoms with van der Waals surface area (Å²) in [6.07, 6.45) is 1.91. The van der Waals surface area contributed by atoms with Gasteiger partial charge in [0.1, 0.15) is 18.1 Å². The quantitative estimate of drug-likeness (QED) is 0.224. The first-order valence-corrected chi connectivity index (χ1v) is 10.7. The van der Waals surface area contributed by atoms with E-state index in [-0.39, 0.29) is 0 Å². The first-order chi connectivity index (χ1) is 15.8. The number of nitrogens with zero attached hydrogens (tertiary/aromatic N) is 1. The lowest BCUT2D eigenvalue weighted by Gasteiger charge is -2.15. The lowest BCUT2D eigenvalue weighted by molar-refractivity contribution is 0.309. The van der Waals surface area contributed by atoms with Gasteiger partial charge in [0.05, 0.1) is 12.6 Å². The molecule has 0 saturated heterocycles. The molecule has 0 saturated carbocycles. The van der Waals surface area contributed by atoms with Crippen molar-refractivity contribution >= 4 is 43.2 Å². The van der Waals surface area contributed by atoms with Gasteiger partial charge >= 0.3 is 0 Å². The zero-order valence-corrected chi connectivity index (χ0v) is 17.7. The van der Waals surface area contributed by atoms with Crippen molar-refractivity contribution in [1.29, 1.82) is 0 Å². The van der Waals surface area contributed by atoms with Crippen molar-refractivity contribution in [2.75, 3.05) is 7.11 Å². The number of methoxy groups -OCH3 is 1. The van der Waals surface area contributed by atoms with Crippen LogP contribution >= 0.6 is 0 Å². The van der Waals surface area contributed by atoms with Gasteiger partial charge in [-0.15, -0.1) is 0 Å². The van der Waals surface area contributed by atoms with Gasteiger partial charge in [0.15, 0.2) is 0 Å². The van der Waals surface area contributed by atoms with E-state index in [0.29, 0.717) is 6.61 Å². The molecular formula is C29H21NO2. The zero-order valence-electron chi connectivity index (χ0n) is 17.7. The van der Waals surface area contributed by atoms with E-state index in [1.807, 2.05) is 36.5 Å². The van der Waals surface area contributed by atoms with Crippen LogP contribution in [0, 0.1) is 0 Å². The Hall–Kier alpha value is -4.11. The molecule has 0 radical (unpaired) electrons. The molecule has 1 aromatic heterocycles. The number of hydrogen-bond donors (Lipinski definition) is 0. The van der Waals surface area contributed by atoms with Crippen molar-refractivity contribution in [3.8, 4) is 11.5 Å². The number of hydrogen-bond acceptors (Lipinski definition) is 3. The fraction of sp³-hybridized carbons (Fsp3) is 0.0690. The van der Waals surface area contributed by atoms with Crippen LogP contribution in [0.1, 0.15) is 5.56 Å². The van der Waals surface area contributed by atoms with Gasteiger partial charge < -0.3 is 9.47 Å². The fourth-order valence-electron chi connectivity index (χ4n) is 4.49. The summed E-state index contributed by atoms with van der Waals surface area (Å²) in [5.74, 6) is 1.62. The molecule has 0 amide bonds. The van der Waals surface area contributed by atoms with Crippen LogP contribution in [0.2, 0.25) is 0 Å². The van der Waals surface area contributed by atoms with Gasteiger partial charge in [-0.2, -0.15) is 0 Å². The third-order valence-corrected chi connectivity index (χ3v) is 6.07. The molecule has 3 heteroatoms. The third kappa shape index (κ3) is 3.02. The van der Waals surface area contributed by atoms with Crippen molar-refractivity contribution in [2.24, 2.45) is 0 Å². The van der Waals surface area contributed by atoms with E-state index in [9.17, 15) is 0 Å². The molecule has 1 heterocycles. The van der Waals surface area contributed by atoms with Crippen LogP contribution in [-0.2, 0) is 6.61 Å². The molecule has 0 aliphatic rings. The maximum absolute atomic E-state index is 6.20. The molecule has 0 N–H and O–H groups in total. The second kappa shape index (κ2) is 7.54. The van der Waals surface area contributed by atoms with E-state index in [1.54, 1.807) is 7.11 Å². The van der Waals surface area contributed by atoms with Crippen molar-refractivity contribution in [3.05, 3.63) is 103 Å². The molecular weight excluding hydrogens is 394 g/mol. The van der Waals surface area contributed by atoms with Gasteiger partial charge in [-0.25, -0.2) is 0 Å². The van der Waals surface area contributed by atoms with Crippen LogP contribution in [0.15, 0.2) is 97.2 Å². The molecule has 0 unspecified atom stereocenters. The predicted molar refractivity (Wildman–Crippen MR) is 132 cm³/mol. The highest BCUT2D eigenvalue weighted by molar-refractivity contribution is 6.19. The first kappa shape index (κ1) is 18.6. The SMILES string of the molecule is COc1ccc(OCc2ccccc2)c2cnc3c4cc5ccccc5cc4ccc3c12. The fourth-order valence-corrected chi connectivity index (χ4v) is 4.49. The standard InChI is InChI=1S/C29H21NO2/c1-31-27-14-13-26(32-18-19-7-3-2-4-8-19)25-17-30-29-23(28(25)27)12-11-22-15-20-9-5-6-10-21(20)16-24(22)29/h2-17H,18H2,1H3. The molecule has 3 nitrogen and oxygen atoms in total. The molecule has 5 aromatic carbocycles. The summed E-state index contributed by atoms with van der Waals surface area (Å²) in [5.41, 5.74) is 2.10. The number of rotatable bonds is 4. The third-order valence-electron chi connectivity index (χ3n) is 6.07. The summed E-state index contributed by atoms with van der Waals surface area (Å²) in [6, 6.07) is 31.3. The lowest BCUT2D eigenvalue weighted by Crippen LogP contribution is -1.97. The summed E-state index contributed by atoms with van der Waals surface area (Å²) < 4.78 is 12.0. The van der Waals surface area contributed by atoms with E-state index >= 15 is 0 Å². The number of pyridine rings is 1. The molecule has 0 aliphatic heterocycles. The minimum absolute atomic E-state index is 0.504. The highest BCUT2D eigenvalue weighted by atomic mass is 16.5. The smallest absolute Gasteiger partial charge is 0.129 e. The predicted octanol–water partition coefficient (Wildman–Crippen LogP) is 7.28. The Morgan fingerprint density at radius 3 is 2.22 bits per heavy atom. The van der Waals surface area contributed by atoms with Gasteiger partial charge in [0.2, 0.25) is 0 Å². The van der Waals surface area contributed by atoms with Crippen molar-refractivity contribution in [3.63, 3.8) is 0 Å². The van der Waals surface area contributed by atoms with Gasteiger partial charge in [-0.3, -0.25) is 4.98 Å². The minimum atomic E-state index is 0.504. The van der Waals surface area contributed by atoms with Gasteiger partial charge in [0, 0.05) is 27.7 Å². The number of aromatic nitrogens is 1. The van der Waals surface area contributed by atoms with Crippen LogP contribution in [0.5, 0.6) is 11.5 Å². The Morgan fingerprint density at radius 1 is 0.656 bits per heavy atom. The van der Waals surface area contributed by atoms with E-state index in [2.05, 4.69) is 60.7 Å². The topological polar surface area (TPSA) is 31.4 Å². The molecule has 6 aromatic rings. The van der Waals surface area contributed by atoms with E-state index in [1.165, 1.54) is 16.2 Å². The first-order valence-electron chi connectivity index (χ1n) is 10.7. The van der Waals surface area contributed by atoms with Crippen LogP contribution < -0.4 is 9.47 Å². The van der Waals surface area contributed by atoms with Crippen LogP contribution in [0.25, 0.3) is 43.2 Å². The monoisotopic (exact) mass is 415 g/mol. The molecule has 32 heavy (non-hydrogen) atoms. The van der Waals surface area contributed by atoms with E-state index in [0.717, 1.165) is 44.1 Å². The molecule has 0 bridgehead atoms. The molecule has 0 atom stereocenters. The maximum Gasteiger partial charge on any atom is 0.129 e. The van der Waals surface area contributed by atoms with Crippen LogP contribution in [-0.4, -0.2) is 12.1 Å². The second-order valence-electron chi connectivity index (χ2n) is 7.97. The summed E-state index contributed by atoms with van der Waals surface area (Å²) in [5, 5.41) is 7.80. The number of ether oxygens (including phenoxy) is 2. The molecule has 6 rings (SSSR count). The maximum atomic E-state index is 6.20. The zero-order chi connectivity index (χ0) is 21.5. The van der Waals surface area contributed by atoms with E-state index < -0.39 is 0 Å². The minimum Gasteiger partial charge on any atom is -0.496 e. The van der Waals surface area contributed by atoms with Crippen molar-refractivity contribution in [2.45, 2.75) is 6.61 Å². The van der Waals surface area contributed by atoms with Crippen LogP contribution in [0.3, 0.4) is 0 Å². The number of fused-ring (bicyclic) bond motifs is 6. The van der Waals surface area contributed by atoms with Crippen molar-refractivity contribution < 1.29 is 9.47 Å². The summed E-state index contributed by atoms with van der Waals surface area (Å²) in [6.45, 7) is 0.504. The number of benzene rings is 5. The Morgan fingerprint density at radius 2 is 1.41 bits per heavy atom. The normalized spacial score (nSPS) is 11.4. The Bertz CT molecular complexity index is 1610. The van der Waals surface area contributed by atoms with Gasteiger partial charge in [-0.05, 0) is 46.0 Å². The highest BCUT2D eigenvalue weighted by Gasteiger charge is 2.14. The van der Waals surface area contributed by atoms with Gasteiger partial charge in [0.25, 0.3) is 0 Å². The highest BCUT2D eigenvalue weighted by Crippen LogP contribution is 2.40. The molecule has 154 valence electrons. The second-order valence-corrected chi connectivity index (χ2v) is 7.97. The van der Waals surface area contributed by atoms with Crippen LogP contribution in [0.4, 0.5) is 0 Å². The van der Waals surface area contributed by atoms with E-state index in [4.69, 9.17) is 14.5 Å². The average Bonchev–Trinajstić information content (AvgIpc) is 2.86. The molecule has 0 spiro atoms. The Kier molecular flexibility index (Phi) is 4.39. The molecule has 0 aliphatic carbocycles. The summed E-state index contributed by atoms with van der Waals surface area (Å²) >= 11 is 0. The lowest BCUT2D eigenvalue weighted by atomic mass is 9.98. The summed E-state index contributed by atoms with van der Waals surface area (Å²) in [4.78, 5) is 4.90. The Labute approximate surface area is 185 Å². The van der Waals surface area contributed by atoms with Crippen molar-refractivity contribution in [1.82, 2.24) is 4.98 Å². The summed E-state index contributed by atoms with van der Waals surface area (Å²) in [7, 11) is 1.71. The van der Waals surface area contributed by atoms with Gasteiger partial charge in [-0.1, -0.05) is 66.7 Å². The average molecular weight is 415 g/mol. The largest absolute Gasteiger partial charge is 0.496 e.